The molecule has 0 N–H and O–H groups in total. The zero-order valence-corrected chi connectivity index (χ0v) is 11.9. The standard InChI is InChI=1S/C15H14N2O4/c1-18-13-6-12(7-14(19-2)15(13)20-3)21-11-5-4-10(8-16)17-9-11/h4-7,9H,1-3H3. The summed E-state index contributed by atoms with van der Waals surface area (Å²) in [5.74, 6) is 2.49. The maximum atomic E-state index is 8.71. The molecule has 0 aliphatic rings. The number of ether oxygens (including phenoxy) is 4. The number of hydrogen-bond donors (Lipinski definition) is 0. The highest BCUT2D eigenvalue weighted by Crippen LogP contribution is 2.41. The smallest absolute Gasteiger partial charge is 0.203 e. The molecule has 0 unspecified atom stereocenters. The summed E-state index contributed by atoms with van der Waals surface area (Å²) in [5, 5.41) is 8.71. The lowest BCUT2D eigenvalue weighted by atomic mass is 10.2. The minimum atomic E-state index is 0.326. The lowest BCUT2D eigenvalue weighted by Crippen LogP contribution is -1.96. The fourth-order valence-corrected chi connectivity index (χ4v) is 1.76. The van der Waals surface area contributed by atoms with Crippen molar-refractivity contribution in [1.82, 2.24) is 4.98 Å². The summed E-state index contributed by atoms with van der Waals surface area (Å²) in [7, 11) is 4.60. The third-order valence-electron chi connectivity index (χ3n) is 2.72. The molecule has 0 atom stereocenters. The fourth-order valence-electron chi connectivity index (χ4n) is 1.76. The van der Waals surface area contributed by atoms with Crippen LogP contribution in [0.3, 0.4) is 0 Å². The molecule has 0 amide bonds. The molecule has 6 nitrogen and oxygen atoms in total. The molecule has 2 rings (SSSR count). The summed E-state index contributed by atoms with van der Waals surface area (Å²) in [4.78, 5) is 3.94. The molecule has 0 radical (unpaired) electrons. The van der Waals surface area contributed by atoms with E-state index in [4.69, 9.17) is 24.2 Å². The second kappa shape index (κ2) is 6.48. The molecule has 1 heterocycles. The number of aromatic nitrogens is 1. The Labute approximate surface area is 122 Å². The first-order valence-corrected chi connectivity index (χ1v) is 6.05. The van der Waals surface area contributed by atoms with Gasteiger partial charge in [0.05, 0.1) is 27.5 Å². The number of pyridine rings is 1. The molecule has 0 fully saturated rings. The second-order valence-corrected chi connectivity index (χ2v) is 3.95. The molecule has 0 spiro atoms. The topological polar surface area (TPSA) is 73.6 Å². The van der Waals surface area contributed by atoms with E-state index >= 15 is 0 Å². The quantitative estimate of drug-likeness (QED) is 0.841. The summed E-state index contributed by atoms with van der Waals surface area (Å²) in [6.07, 6.45) is 1.47. The molecule has 0 aliphatic carbocycles. The van der Waals surface area contributed by atoms with Crippen LogP contribution in [0.25, 0.3) is 0 Å². The van der Waals surface area contributed by atoms with E-state index in [1.54, 1.807) is 24.3 Å². The average molecular weight is 286 g/mol. The fraction of sp³-hybridized carbons (Fsp3) is 0.200. The highest BCUT2D eigenvalue weighted by Gasteiger charge is 2.14. The molecule has 0 bridgehead atoms. The molecule has 108 valence electrons. The Bertz CT molecular complexity index is 637. The van der Waals surface area contributed by atoms with Crippen molar-refractivity contribution < 1.29 is 18.9 Å². The van der Waals surface area contributed by atoms with Gasteiger partial charge in [-0.2, -0.15) is 5.26 Å². The second-order valence-electron chi connectivity index (χ2n) is 3.95. The van der Waals surface area contributed by atoms with E-state index in [0.717, 1.165) is 0 Å². The Balaban J connectivity index is 2.33. The highest BCUT2D eigenvalue weighted by atomic mass is 16.5. The van der Waals surface area contributed by atoms with Gasteiger partial charge in [-0.1, -0.05) is 0 Å². The van der Waals surface area contributed by atoms with Gasteiger partial charge in [0.25, 0.3) is 0 Å². The van der Waals surface area contributed by atoms with Crippen LogP contribution in [-0.4, -0.2) is 26.3 Å². The zero-order valence-electron chi connectivity index (χ0n) is 11.9. The van der Waals surface area contributed by atoms with E-state index in [1.165, 1.54) is 27.5 Å². The van der Waals surface area contributed by atoms with Crippen molar-refractivity contribution in [1.29, 1.82) is 5.26 Å². The van der Waals surface area contributed by atoms with Gasteiger partial charge in [-0.25, -0.2) is 4.98 Å². The van der Waals surface area contributed by atoms with Crippen molar-refractivity contribution >= 4 is 0 Å². The molecule has 21 heavy (non-hydrogen) atoms. The van der Waals surface area contributed by atoms with E-state index in [0.29, 0.717) is 34.4 Å². The molecule has 1 aromatic carbocycles. The van der Waals surface area contributed by atoms with E-state index in [2.05, 4.69) is 4.98 Å². The number of hydrogen-bond acceptors (Lipinski definition) is 6. The van der Waals surface area contributed by atoms with Crippen molar-refractivity contribution in [3.8, 4) is 34.8 Å². The minimum absolute atomic E-state index is 0.326. The van der Waals surface area contributed by atoms with Crippen molar-refractivity contribution in [3.63, 3.8) is 0 Å². The number of rotatable bonds is 5. The first kappa shape index (κ1) is 14.5. The van der Waals surface area contributed by atoms with Crippen molar-refractivity contribution in [3.05, 3.63) is 36.2 Å². The molecule has 0 aliphatic heterocycles. The number of nitriles is 1. The average Bonchev–Trinajstić information content (AvgIpc) is 2.54. The molecule has 0 saturated carbocycles. The first-order chi connectivity index (χ1) is 10.2. The van der Waals surface area contributed by atoms with Gasteiger partial charge in [-0.05, 0) is 12.1 Å². The molecule has 0 saturated heterocycles. The van der Waals surface area contributed by atoms with Crippen LogP contribution in [0.4, 0.5) is 0 Å². The predicted molar refractivity (Wildman–Crippen MR) is 75.1 cm³/mol. The monoisotopic (exact) mass is 286 g/mol. The van der Waals surface area contributed by atoms with Gasteiger partial charge >= 0.3 is 0 Å². The van der Waals surface area contributed by atoms with Gasteiger partial charge in [-0.15, -0.1) is 0 Å². The van der Waals surface area contributed by atoms with Crippen molar-refractivity contribution in [2.45, 2.75) is 0 Å². The summed E-state index contributed by atoms with van der Waals surface area (Å²) in [5.41, 5.74) is 0.326. The molecule has 1 aromatic heterocycles. The van der Waals surface area contributed by atoms with E-state index in [9.17, 15) is 0 Å². The zero-order chi connectivity index (χ0) is 15.2. The normalized spacial score (nSPS) is 9.62. The van der Waals surface area contributed by atoms with Crippen LogP contribution in [0.15, 0.2) is 30.5 Å². The Morgan fingerprint density at radius 1 is 0.952 bits per heavy atom. The van der Waals surface area contributed by atoms with Gasteiger partial charge in [0.1, 0.15) is 23.3 Å². The Kier molecular flexibility index (Phi) is 4.46. The van der Waals surface area contributed by atoms with Gasteiger partial charge < -0.3 is 18.9 Å². The summed E-state index contributed by atoms with van der Waals surface area (Å²) in [6.45, 7) is 0. The van der Waals surface area contributed by atoms with Crippen LogP contribution in [0, 0.1) is 11.3 Å². The molecule has 2 aromatic rings. The third kappa shape index (κ3) is 3.15. The molecular formula is C15H14N2O4. The summed E-state index contributed by atoms with van der Waals surface area (Å²) in [6, 6.07) is 8.54. The summed E-state index contributed by atoms with van der Waals surface area (Å²) >= 11 is 0. The lowest BCUT2D eigenvalue weighted by molar-refractivity contribution is 0.321. The SMILES string of the molecule is COc1cc(Oc2ccc(C#N)nc2)cc(OC)c1OC. The van der Waals surface area contributed by atoms with Crippen molar-refractivity contribution in [2.75, 3.05) is 21.3 Å². The van der Waals surface area contributed by atoms with Gasteiger partial charge in [0, 0.05) is 12.1 Å². The van der Waals surface area contributed by atoms with E-state index in [1.807, 2.05) is 6.07 Å². The van der Waals surface area contributed by atoms with Crippen LogP contribution in [0.5, 0.6) is 28.7 Å². The highest BCUT2D eigenvalue weighted by molar-refractivity contribution is 5.56. The van der Waals surface area contributed by atoms with Crippen LogP contribution in [-0.2, 0) is 0 Å². The predicted octanol–water partition coefficient (Wildman–Crippen LogP) is 2.77. The lowest BCUT2D eigenvalue weighted by Gasteiger charge is -2.14. The molecular weight excluding hydrogens is 272 g/mol. The van der Waals surface area contributed by atoms with E-state index in [-0.39, 0.29) is 0 Å². The Morgan fingerprint density at radius 2 is 1.62 bits per heavy atom. The van der Waals surface area contributed by atoms with Crippen molar-refractivity contribution in [2.24, 2.45) is 0 Å². The Hall–Kier alpha value is -2.94. The van der Waals surface area contributed by atoms with Gasteiger partial charge in [0.15, 0.2) is 11.5 Å². The van der Waals surface area contributed by atoms with Crippen LogP contribution in [0.2, 0.25) is 0 Å². The largest absolute Gasteiger partial charge is 0.493 e. The summed E-state index contributed by atoms with van der Waals surface area (Å²) < 4.78 is 21.4. The van der Waals surface area contributed by atoms with Gasteiger partial charge in [0.2, 0.25) is 5.75 Å². The third-order valence-corrected chi connectivity index (χ3v) is 2.72. The Morgan fingerprint density at radius 3 is 2.05 bits per heavy atom. The molecule has 6 heteroatoms. The van der Waals surface area contributed by atoms with Crippen LogP contribution in [0.1, 0.15) is 5.69 Å². The number of methoxy groups -OCH3 is 3. The number of benzene rings is 1. The number of nitrogens with zero attached hydrogens (tertiary/aromatic N) is 2. The van der Waals surface area contributed by atoms with E-state index < -0.39 is 0 Å². The first-order valence-electron chi connectivity index (χ1n) is 6.05. The van der Waals surface area contributed by atoms with Crippen LogP contribution >= 0.6 is 0 Å². The maximum absolute atomic E-state index is 8.71. The minimum Gasteiger partial charge on any atom is -0.493 e. The van der Waals surface area contributed by atoms with Gasteiger partial charge in [-0.3, -0.25) is 0 Å². The maximum Gasteiger partial charge on any atom is 0.203 e. The van der Waals surface area contributed by atoms with Crippen LogP contribution < -0.4 is 18.9 Å².